The van der Waals surface area contributed by atoms with Crippen LogP contribution in [0.1, 0.15) is 34.6 Å². The number of carbonyl (C=O) groups excluding carboxylic acids is 1. The highest BCUT2D eigenvalue weighted by atomic mass is 32.2. The Kier molecular flexibility index (Phi) is 7.11. The van der Waals surface area contributed by atoms with Crippen LogP contribution in [0.25, 0.3) is 21.0 Å². The Morgan fingerprint density at radius 2 is 1.79 bits per heavy atom. The highest BCUT2D eigenvalue weighted by Gasteiger charge is 2.26. The molecule has 0 aliphatic heterocycles. The van der Waals surface area contributed by atoms with E-state index in [2.05, 4.69) is 15.0 Å². The number of nitrogens with two attached hydrogens (primary N) is 1. The summed E-state index contributed by atoms with van der Waals surface area (Å²) in [6.45, 7) is 8.89. The van der Waals surface area contributed by atoms with Crippen LogP contribution in [0, 0.1) is 0 Å². The third-order valence-corrected chi connectivity index (χ3v) is 7.11. The standard InChI is InChI=1S/C23H28N4O4S2/c1-14(2)31-22(28)26-17-9-6-15(7-10-17)19-13-25-21(32-19)18-11-8-16(24)12-20(18)33(29,30)27-23(3,4)5/h6-14,27H,24H2,1-5H3,(H,26,28). The first-order valence-corrected chi connectivity index (χ1v) is 12.6. The lowest BCUT2D eigenvalue weighted by molar-refractivity contribution is 0.130. The van der Waals surface area contributed by atoms with Gasteiger partial charge < -0.3 is 10.5 Å². The fourth-order valence-corrected chi connectivity index (χ4v) is 5.69. The van der Waals surface area contributed by atoms with Crippen LogP contribution in [-0.4, -0.2) is 31.1 Å². The Morgan fingerprint density at radius 3 is 2.39 bits per heavy atom. The highest BCUT2D eigenvalue weighted by molar-refractivity contribution is 7.89. The number of rotatable bonds is 6. The van der Waals surface area contributed by atoms with E-state index in [1.165, 1.54) is 17.4 Å². The average Bonchev–Trinajstić information content (AvgIpc) is 3.16. The second-order valence-electron chi connectivity index (χ2n) is 8.80. The number of nitrogen functional groups attached to an aromatic ring is 1. The van der Waals surface area contributed by atoms with E-state index in [4.69, 9.17) is 10.5 Å². The van der Waals surface area contributed by atoms with Gasteiger partial charge in [-0.05, 0) is 70.5 Å². The molecule has 10 heteroatoms. The lowest BCUT2D eigenvalue weighted by Gasteiger charge is -2.21. The van der Waals surface area contributed by atoms with Gasteiger partial charge in [-0.2, -0.15) is 0 Å². The molecule has 176 valence electrons. The van der Waals surface area contributed by atoms with Gasteiger partial charge in [-0.25, -0.2) is 22.9 Å². The van der Waals surface area contributed by atoms with Crippen LogP contribution in [0.15, 0.2) is 53.6 Å². The smallest absolute Gasteiger partial charge is 0.411 e. The molecule has 0 fully saturated rings. The molecule has 4 N–H and O–H groups in total. The Balaban J connectivity index is 1.89. The van der Waals surface area contributed by atoms with Crippen LogP contribution in [0.4, 0.5) is 16.2 Å². The van der Waals surface area contributed by atoms with Crippen LogP contribution in [0.3, 0.4) is 0 Å². The molecule has 0 aliphatic rings. The molecule has 0 bridgehead atoms. The normalized spacial score (nSPS) is 12.1. The van der Waals surface area contributed by atoms with Gasteiger partial charge in [-0.1, -0.05) is 12.1 Å². The summed E-state index contributed by atoms with van der Waals surface area (Å²) in [5.41, 5.74) is 7.56. The maximum absolute atomic E-state index is 13.0. The number of sulfonamides is 1. The molecule has 0 radical (unpaired) electrons. The third-order valence-electron chi connectivity index (χ3n) is 4.23. The minimum Gasteiger partial charge on any atom is -0.447 e. The van der Waals surface area contributed by atoms with E-state index in [1.807, 2.05) is 12.1 Å². The molecule has 0 aliphatic carbocycles. The topological polar surface area (TPSA) is 123 Å². The van der Waals surface area contributed by atoms with E-state index >= 15 is 0 Å². The number of ether oxygens (including phenoxy) is 1. The molecule has 3 aromatic rings. The largest absolute Gasteiger partial charge is 0.447 e. The van der Waals surface area contributed by atoms with Crippen LogP contribution in [0.2, 0.25) is 0 Å². The number of aromatic nitrogens is 1. The fourth-order valence-electron chi connectivity index (χ4n) is 3.01. The molecule has 0 unspecified atom stereocenters. The summed E-state index contributed by atoms with van der Waals surface area (Å²) >= 11 is 1.37. The number of hydrogen-bond acceptors (Lipinski definition) is 7. The zero-order chi connectivity index (χ0) is 24.4. The average molecular weight is 489 g/mol. The summed E-state index contributed by atoms with van der Waals surface area (Å²) in [7, 11) is -3.82. The summed E-state index contributed by atoms with van der Waals surface area (Å²) in [5.74, 6) is 0. The molecule has 0 saturated heterocycles. The minimum atomic E-state index is -3.82. The van der Waals surface area contributed by atoms with Crippen molar-refractivity contribution < 1.29 is 17.9 Å². The summed E-state index contributed by atoms with van der Waals surface area (Å²) in [6.07, 6.45) is 0.971. The number of hydrogen-bond donors (Lipinski definition) is 3. The second-order valence-corrected chi connectivity index (χ2v) is 11.5. The van der Waals surface area contributed by atoms with Crippen molar-refractivity contribution >= 4 is 38.8 Å². The van der Waals surface area contributed by atoms with Gasteiger partial charge >= 0.3 is 6.09 Å². The number of anilines is 2. The summed E-state index contributed by atoms with van der Waals surface area (Å²) < 4.78 is 33.8. The molecular formula is C23H28N4O4S2. The molecule has 3 rings (SSSR count). The molecule has 8 nitrogen and oxygen atoms in total. The van der Waals surface area contributed by atoms with Crippen molar-refractivity contribution in [3.05, 3.63) is 48.7 Å². The molecule has 0 atom stereocenters. The Labute approximate surface area is 198 Å². The van der Waals surface area contributed by atoms with Crippen molar-refractivity contribution in [3.8, 4) is 21.0 Å². The number of benzene rings is 2. The lowest BCUT2D eigenvalue weighted by atomic mass is 10.1. The third kappa shape index (κ3) is 6.53. The van der Waals surface area contributed by atoms with E-state index in [-0.39, 0.29) is 11.0 Å². The van der Waals surface area contributed by atoms with Crippen LogP contribution in [0.5, 0.6) is 0 Å². The SMILES string of the molecule is CC(C)OC(=O)Nc1ccc(-c2cnc(-c3ccc(N)cc3S(=O)(=O)NC(C)(C)C)s2)cc1. The molecule has 1 heterocycles. The number of carbonyl (C=O) groups is 1. The minimum absolute atomic E-state index is 0.0848. The molecular weight excluding hydrogens is 460 g/mol. The number of nitrogens with zero attached hydrogens (tertiary/aromatic N) is 1. The summed E-state index contributed by atoms with van der Waals surface area (Å²) in [4.78, 5) is 17.2. The van der Waals surface area contributed by atoms with E-state index in [0.717, 1.165) is 10.4 Å². The van der Waals surface area contributed by atoms with E-state index < -0.39 is 21.7 Å². The van der Waals surface area contributed by atoms with Crippen molar-refractivity contribution in [2.75, 3.05) is 11.1 Å². The van der Waals surface area contributed by atoms with Crippen molar-refractivity contribution in [1.82, 2.24) is 9.71 Å². The van der Waals surface area contributed by atoms with E-state index in [1.54, 1.807) is 65.1 Å². The van der Waals surface area contributed by atoms with Crippen LogP contribution < -0.4 is 15.8 Å². The van der Waals surface area contributed by atoms with Crippen molar-refractivity contribution in [2.45, 2.75) is 51.2 Å². The summed E-state index contributed by atoms with van der Waals surface area (Å²) in [5, 5.41) is 3.23. The van der Waals surface area contributed by atoms with E-state index in [0.29, 0.717) is 21.9 Å². The predicted octanol–water partition coefficient (Wildman–Crippen LogP) is 5.09. The van der Waals surface area contributed by atoms with Crippen molar-refractivity contribution in [2.24, 2.45) is 0 Å². The zero-order valence-corrected chi connectivity index (χ0v) is 20.8. The first-order valence-electron chi connectivity index (χ1n) is 10.3. The number of nitrogens with one attached hydrogen (secondary N) is 2. The monoisotopic (exact) mass is 488 g/mol. The van der Waals surface area contributed by atoms with Crippen molar-refractivity contribution in [3.63, 3.8) is 0 Å². The van der Waals surface area contributed by atoms with Gasteiger partial charge in [0.1, 0.15) is 5.01 Å². The molecule has 2 aromatic carbocycles. The van der Waals surface area contributed by atoms with Gasteiger partial charge in [-0.3, -0.25) is 5.32 Å². The van der Waals surface area contributed by atoms with Crippen LogP contribution >= 0.6 is 11.3 Å². The fraction of sp³-hybridized carbons (Fsp3) is 0.304. The van der Waals surface area contributed by atoms with Gasteiger partial charge in [0.25, 0.3) is 0 Å². The maximum atomic E-state index is 13.0. The quantitative estimate of drug-likeness (QED) is 0.415. The van der Waals surface area contributed by atoms with E-state index in [9.17, 15) is 13.2 Å². The Bertz CT molecular complexity index is 1240. The number of thiazole rings is 1. The van der Waals surface area contributed by atoms with Gasteiger partial charge in [-0.15, -0.1) is 11.3 Å². The molecule has 0 spiro atoms. The number of amides is 1. The molecule has 0 saturated carbocycles. The molecule has 33 heavy (non-hydrogen) atoms. The first kappa shape index (κ1) is 24.7. The second kappa shape index (κ2) is 9.50. The van der Waals surface area contributed by atoms with Gasteiger partial charge in [0, 0.05) is 28.7 Å². The van der Waals surface area contributed by atoms with Crippen molar-refractivity contribution in [1.29, 1.82) is 0 Å². The Morgan fingerprint density at radius 1 is 1.12 bits per heavy atom. The summed E-state index contributed by atoms with van der Waals surface area (Å²) in [6, 6.07) is 12.0. The molecule has 1 aromatic heterocycles. The Hall–Kier alpha value is -2.95. The predicted molar refractivity (Wildman–Crippen MR) is 133 cm³/mol. The maximum Gasteiger partial charge on any atom is 0.411 e. The lowest BCUT2D eigenvalue weighted by Crippen LogP contribution is -2.40. The van der Waals surface area contributed by atoms with Crippen LogP contribution in [-0.2, 0) is 14.8 Å². The first-order chi connectivity index (χ1) is 15.3. The zero-order valence-electron chi connectivity index (χ0n) is 19.2. The molecule has 1 amide bonds. The highest BCUT2D eigenvalue weighted by Crippen LogP contribution is 2.36. The van der Waals surface area contributed by atoms with Gasteiger partial charge in [0.15, 0.2) is 0 Å². The van der Waals surface area contributed by atoms with Gasteiger partial charge in [0.2, 0.25) is 10.0 Å². The van der Waals surface area contributed by atoms with Gasteiger partial charge in [0.05, 0.1) is 15.9 Å².